The minimum Gasteiger partial charge on any atom is -0.493 e. The zero-order valence-electron chi connectivity index (χ0n) is 22.1. The van der Waals surface area contributed by atoms with Crippen molar-refractivity contribution < 1.29 is 28.2 Å². The molecule has 10 heteroatoms. The van der Waals surface area contributed by atoms with Crippen LogP contribution in [-0.4, -0.2) is 37.2 Å². The van der Waals surface area contributed by atoms with Gasteiger partial charge in [-0.05, 0) is 50.1 Å². The van der Waals surface area contributed by atoms with Crippen LogP contribution in [0.2, 0.25) is 0 Å². The smallest absolute Gasteiger partial charge is 0.350 e. The van der Waals surface area contributed by atoms with Gasteiger partial charge in [-0.2, -0.15) is 0 Å². The number of ether oxygens (including phenoxy) is 3. The van der Waals surface area contributed by atoms with Gasteiger partial charge in [0.05, 0.1) is 43.0 Å². The molecule has 4 aromatic rings. The molecule has 3 heterocycles. The Morgan fingerprint density at radius 3 is 2.67 bits per heavy atom. The highest BCUT2D eigenvalue weighted by atomic mass is 32.1. The number of anilines is 1. The van der Waals surface area contributed by atoms with Gasteiger partial charge in [-0.1, -0.05) is 42.9 Å². The van der Waals surface area contributed by atoms with Crippen LogP contribution >= 0.6 is 11.3 Å². The van der Waals surface area contributed by atoms with Crippen molar-refractivity contribution in [2.24, 2.45) is 0 Å². The number of aromatic nitrogens is 1. The second-order valence-corrected chi connectivity index (χ2v) is 9.97. The molecule has 0 radical (unpaired) electrons. The molecule has 2 aromatic heterocycles. The van der Waals surface area contributed by atoms with Crippen LogP contribution in [-0.2, 0) is 4.74 Å². The molecule has 0 bridgehead atoms. The Kier molecular flexibility index (Phi) is 7.38. The van der Waals surface area contributed by atoms with Gasteiger partial charge < -0.3 is 18.6 Å². The Labute approximate surface area is 228 Å². The molecule has 9 nitrogen and oxygen atoms in total. The van der Waals surface area contributed by atoms with Crippen molar-refractivity contribution in [1.82, 2.24) is 4.98 Å². The summed E-state index contributed by atoms with van der Waals surface area (Å²) < 4.78 is 22.7. The van der Waals surface area contributed by atoms with Gasteiger partial charge in [0.2, 0.25) is 5.76 Å². The first-order valence-electron chi connectivity index (χ1n) is 12.7. The SMILES string of the molecule is CCCCOc1ccc([C@@H]2c3c(oc4ccccc4c3=O)C(=O)N2c2nc(C)c(C(=O)OCC)s2)cc1OC. The summed E-state index contributed by atoms with van der Waals surface area (Å²) >= 11 is 1.03. The summed E-state index contributed by atoms with van der Waals surface area (Å²) in [6.45, 7) is 6.22. The molecule has 0 aliphatic carbocycles. The Bertz CT molecular complexity index is 1620. The molecule has 1 aliphatic rings. The molecule has 1 aliphatic heterocycles. The summed E-state index contributed by atoms with van der Waals surface area (Å²) in [4.78, 5) is 46.4. The van der Waals surface area contributed by atoms with Crippen LogP contribution in [0.5, 0.6) is 11.5 Å². The van der Waals surface area contributed by atoms with Gasteiger partial charge in [0.1, 0.15) is 10.5 Å². The molecule has 0 saturated carbocycles. The number of nitrogens with zero attached hydrogens (tertiary/aromatic N) is 2. The lowest BCUT2D eigenvalue weighted by atomic mass is 9.98. The quantitative estimate of drug-likeness (QED) is 0.194. The number of benzene rings is 2. The van der Waals surface area contributed by atoms with Crippen LogP contribution in [0.15, 0.2) is 51.7 Å². The average Bonchev–Trinajstić information content (AvgIpc) is 3.46. The molecular weight excluding hydrogens is 520 g/mol. The van der Waals surface area contributed by atoms with Crippen molar-refractivity contribution in [3.05, 3.63) is 80.1 Å². The van der Waals surface area contributed by atoms with Crippen LogP contribution in [0.25, 0.3) is 11.0 Å². The maximum absolute atomic E-state index is 13.9. The number of amides is 1. The second-order valence-electron chi connectivity index (χ2n) is 8.99. The maximum atomic E-state index is 13.9. The highest BCUT2D eigenvalue weighted by molar-refractivity contribution is 7.17. The third kappa shape index (κ3) is 4.65. The zero-order valence-corrected chi connectivity index (χ0v) is 22.9. The lowest BCUT2D eigenvalue weighted by molar-refractivity contribution is 0.0531. The number of fused-ring (bicyclic) bond motifs is 2. The summed E-state index contributed by atoms with van der Waals surface area (Å²) in [5, 5.41) is 0.618. The third-order valence-corrected chi connectivity index (χ3v) is 7.63. The fraction of sp³-hybridized carbons (Fsp3) is 0.310. The van der Waals surface area contributed by atoms with E-state index in [1.807, 2.05) is 0 Å². The van der Waals surface area contributed by atoms with Gasteiger partial charge in [0.25, 0.3) is 5.91 Å². The maximum Gasteiger partial charge on any atom is 0.350 e. The number of esters is 1. The second kappa shape index (κ2) is 10.9. The molecule has 0 spiro atoms. The number of hydrogen-bond acceptors (Lipinski definition) is 9. The number of aryl methyl sites for hydroxylation is 1. The molecule has 1 atom stereocenters. The number of carbonyl (C=O) groups is 2. The van der Waals surface area contributed by atoms with Crippen LogP contribution in [0.4, 0.5) is 5.13 Å². The van der Waals surface area contributed by atoms with E-state index in [9.17, 15) is 14.4 Å². The Morgan fingerprint density at radius 1 is 1.13 bits per heavy atom. The highest BCUT2D eigenvalue weighted by Gasteiger charge is 2.45. The highest BCUT2D eigenvalue weighted by Crippen LogP contribution is 2.44. The number of carbonyl (C=O) groups excluding carboxylic acids is 2. The summed E-state index contributed by atoms with van der Waals surface area (Å²) in [7, 11) is 1.54. The first kappa shape index (κ1) is 26.4. The van der Waals surface area contributed by atoms with Crippen LogP contribution in [0, 0.1) is 6.92 Å². The molecule has 0 fully saturated rings. The fourth-order valence-electron chi connectivity index (χ4n) is 4.60. The molecule has 0 saturated heterocycles. The van der Waals surface area contributed by atoms with E-state index >= 15 is 0 Å². The average molecular weight is 549 g/mol. The normalized spacial score (nSPS) is 14.5. The van der Waals surface area contributed by atoms with Gasteiger partial charge in [-0.25, -0.2) is 9.78 Å². The number of para-hydroxylation sites is 1. The Balaban J connectivity index is 1.69. The van der Waals surface area contributed by atoms with Gasteiger partial charge in [0.15, 0.2) is 22.1 Å². The first-order chi connectivity index (χ1) is 18.9. The van der Waals surface area contributed by atoms with E-state index in [-0.39, 0.29) is 33.4 Å². The number of thiazole rings is 1. The largest absolute Gasteiger partial charge is 0.493 e. The van der Waals surface area contributed by atoms with Gasteiger partial charge >= 0.3 is 5.97 Å². The zero-order chi connectivity index (χ0) is 27.7. The minimum absolute atomic E-state index is 0.0588. The molecule has 0 N–H and O–H groups in total. The summed E-state index contributed by atoms with van der Waals surface area (Å²) in [6, 6.07) is 11.3. The summed E-state index contributed by atoms with van der Waals surface area (Å²) in [6.07, 6.45) is 1.88. The van der Waals surface area contributed by atoms with Crippen molar-refractivity contribution >= 4 is 39.3 Å². The molecular formula is C29H28N2O7S. The molecule has 2 aromatic carbocycles. The van der Waals surface area contributed by atoms with Crippen molar-refractivity contribution in [2.45, 2.75) is 39.7 Å². The Hall–Kier alpha value is -4.18. The fourth-order valence-corrected chi connectivity index (χ4v) is 5.59. The van der Waals surface area contributed by atoms with E-state index in [0.717, 1.165) is 24.2 Å². The van der Waals surface area contributed by atoms with E-state index in [0.29, 0.717) is 40.3 Å². The Morgan fingerprint density at radius 2 is 1.92 bits per heavy atom. The van der Waals surface area contributed by atoms with Crippen molar-refractivity contribution in [1.29, 1.82) is 0 Å². The van der Waals surface area contributed by atoms with Crippen molar-refractivity contribution in [3.8, 4) is 11.5 Å². The van der Waals surface area contributed by atoms with Gasteiger partial charge in [-0.15, -0.1) is 0 Å². The van der Waals surface area contributed by atoms with Crippen molar-refractivity contribution in [3.63, 3.8) is 0 Å². The predicted molar refractivity (Wildman–Crippen MR) is 147 cm³/mol. The monoisotopic (exact) mass is 548 g/mol. The molecule has 0 unspecified atom stereocenters. The van der Waals surface area contributed by atoms with Crippen LogP contribution < -0.4 is 19.8 Å². The number of unbranched alkanes of at least 4 members (excludes halogenated alkanes) is 1. The van der Waals surface area contributed by atoms with E-state index < -0.39 is 17.9 Å². The summed E-state index contributed by atoms with van der Waals surface area (Å²) in [5.41, 5.74) is 1.24. The van der Waals surface area contributed by atoms with Gasteiger partial charge in [-0.3, -0.25) is 14.5 Å². The standard InChI is InChI=1S/C29H28N2O7S/c1-5-7-14-37-20-13-12-17(15-21(20)35-4)23-22-24(32)18-10-8-9-11-19(18)38-25(22)27(33)31(23)29-30-16(3)26(39-29)28(34)36-6-2/h8-13,15,23H,5-7,14H2,1-4H3/t23-/m1/s1. The minimum atomic E-state index is -0.868. The number of rotatable bonds is 9. The summed E-state index contributed by atoms with van der Waals surface area (Å²) in [5.74, 6) is -0.0708. The molecule has 1 amide bonds. The van der Waals surface area contributed by atoms with Gasteiger partial charge in [0, 0.05) is 0 Å². The number of hydrogen-bond donors (Lipinski definition) is 0. The van der Waals surface area contributed by atoms with E-state index in [1.54, 1.807) is 56.3 Å². The molecule has 5 rings (SSSR count). The molecule has 202 valence electrons. The lowest BCUT2D eigenvalue weighted by Crippen LogP contribution is -2.29. The topological polar surface area (TPSA) is 108 Å². The van der Waals surface area contributed by atoms with Crippen LogP contribution in [0.1, 0.15) is 69.8 Å². The lowest BCUT2D eigenvalue weighted by Gasteiger charge is -2.23. The van der Waals surface area contributed by atoms with Crippen LogP contribution in [0.3, 0.4) is 0 Å². The third-order valence-electron chi connectivity index (χ3n) is 6.49. The molecule has 39 heavy (non-hydrogen) atoms. The predicted octanol–water partition coefficient (Wildman–Crippen LogP) is 5.67. The van der Waals surface area contributed by atoms with E-state index in [1.165, 1.54) is 12.0 Å². The van der Waals surface area contributed by atoms with E-state index in [2.05, 4.69) is 11.9 Å². The van der Waals surface area contributed by atoms with Crippen molar-refractivity contribution in [2.75, 3.05) is 25.2 Å². The van der Waals surface area contributed by atoms with E-state index in [4.69, 9.17) is 18.6 Å². The first-order valence-corrected chi connectivity index (χ1v) is 13.6. The number of methoxy groups -OCH3 is 1.